The molecule has 0 bridgehead atoms. The van der Waals surface area contributed by atoms with Gasteiger partial charge in [0.1, 0.15) is 17.5 Å². The van der Waals surface area contributed by atoms with E-state index in [2.05, 4.69) is 59.4 Å². The molecule has 3 heterocycles. The quantitative estimate of drug-likeness (QED) is 0.178. The van der Waals surface area contributed by atoms with Crippen LogP contribution in [0.4, 0.5) is 0 Å². The number of aryl methyl sites for hydroxylation is 1. The summed E-state index contributed by atoms with van der Waals surface area (Å²) >= 11 is 0. The van der Waals surface area contributed by atoms with E-state index in [4.69, 9.17) is 24.4 Å². The summed E-state index contributed by atoms with van der Waals surface area (Å²) in [7, 11) is 0. The van der Waals surface area contributed by atoms with Gasteiger partial charge in [0.25, 0.3) is 0 Å². The van der Waals surface area contributed by atoms with E-state index in [9.17, 15) is 0 Å². The number of hydrogen-bond acceptors (Lipinski definition) is 7. The third-order valence-corrected chi connectivity index (χ3v) is 8.80. The van der Waals surface area contributed by atoms with E-state index < -0.39 is 0 Å². The lowest BCUT2D eigenvalue weighted by Crippen LogP contribution is -2.00. The molecule has 0 atom stereocenters. The van der Waals surface area contributed by atoms with Crippen LogP contribution < -0.4 is 0 Å². The topological polar surface area (TPSA) is 90.5 Å². The first-order chi connectivity index (χ1) is 24.7. The molecule has 0 saturated carbocycles. The fourth-order valence-corrected chi connectivity index (χ4v) is 6.21. The number of rotatable bonds is 6. The van der Waals surface area contributed by atoms with Crippen LogP contribution in [0.15, 0.2) is 156 Å². The zero-order valence-electron chi connectivity index (χ0n) is 27.0. The largest absolute Gasteiger partial charge is 0.456 e. The molecule has 9 aromatic rings. The molecule has 3 aromatic heterocycles. The molecule has 6 aromatic carbocycles. The third-order valence-electron chi connectivity index (χ3n) is 8.80. The zero-order chi connectivity index (χ0) is 33.4. The maximum Gasteiger partial charge on any atom is 0.164 e. The Kier molecular flexibility index (Phi) is 7.21. The van der Waals surface area contributed by atoms with E-state index in [1.807, 2.05) is 103 Å². The predicted molar refractivity (Wildman–Crippen MR) is 198 cm³/mol. The highest BCUT2D eigenvalue weighted by atomic mass is 16.3. The van der Waals surface area contributed by atoms with Gasteiger partial charge >= 0.3 is 0 Å². The van der Waals surface area contributed by atoms with Crippen LogP contribution in [0.5, 0.6) is 0 Å². The summed E-state index contributed by atoms with van der Waals surface area (Å²) in [6, 6.07) is 48.8. The van der Waals surface area contributed by atoms with Crippen molar-refractivity contribution in [2.24, 2.45) is 0 Å². The number of benzene rings is 6. The number of hydrogen-bond donors (Lipinski definition) is 0. The summed E-state index contributed by atoms with van der Waals surface area (Å²) in [5, 5.41) is 1.88. The van der Waals surface area contributed by atoms with Gasteiger partial charge in [0, 0.05) is 38.6 Å². The van der Waals surface area contributed by atoms with E-state index in [1.54, 1.807) is 6.33 Å². The van der Waals surface area contributed by atoms with Crippen molar-refractivity contribution in [2.75, 3.05) is 0 Å². The zero-order valence-corrected chi connectivity index (χ0v) is 27.0. The third kappa shape index (κ3) is 5.46. The van der Waals surface area contributed by atoms with Gasteiger partial charge in [-0.3, -0.25) is 0 Å². The van der Waals surface area contributed by atoms with Gasteiger partial charge in [0.05, 0.1) is 0 Å². The van der Waals surface area contributed by atoms with E-state index in [1.165, 1.54) is 11.1 Å². The summed E-state index contributed by atoms with van der Waals surface area (Å²) in [5.41, 5.74) is 9.45. The molecule has 0 amide bonds. The minimum absolute atomic E-state index is 0.567. The van der Waals surface area contributed by atoms with Crippen molar-refractivity contribution in [1.29, 1.82) is 0 Å². The summed E-state index contributed by atoms with van der Waals surface area (Å²) < 4.78 is 6.44. The lowest BCUT2D eigenvalue weighted by molar-refractivity contribution is 0.669. The standard InChI is InChI=1S/C43H28N6O/c1-27-15-17-28(18-16-27)29-19-21-32(22-20-29)39-44-26-45-40(46-39)33-23-24-34-37(25-33)50-36-14-8-13-35(38(34)36)43-48-41(30-9-4-2-5-10-30)47-42(49-43)31-11-6-3-7-12-31/h2-26H,1H3. The molecule has 0 aliphatic heterocycles. The Morgan fingerprint density at radius 2 is 0.920 bits per heavy atom. The van der Waals surface area contributed by atoms with Gasteiger partial charge in [0.15, 0.2) is 29.1 Å². The van der Waals surface area contributed by atoms with Crippen LogP contribution in [-0.4, -0.2) is 29.9 Å². The van der Waals surface area contributed by atoms with Gasteiger partial charge in [0.2, 0.25) is 0 Å². The second-order valence-electron chi connectivity index (χ2n) is 12.1. The van der Waals surface area contributed by atoms with Crippen LogP contribution in [0, 0.1) is 6.92 Å². The predicted octanol–water partition coefficient (Wildman–Crippen LogP) is 10.3. The van der Waals surface area contributed by atoms with Crippen molar-refractivity contribution in [3.8, 4) is 68.1 Å². The SMILES string of the molecule is Cc1ccc(-c2ccc(-c3ncnc(-c4ccc5c(c4)oc4cccc(-c6nc(-c7ccccc7)nc(-c7ccccc7)n6)c45)n3)cc2)cc1. The highest BCUT2D eigenvalue weighted by Crippen LogP contribution is 2.38. The first kappa shape index (κ1) is 29.3. The van der Waals surface area contributed by atoms with E-state index in [0.717, 1.165) is 55.3 Å². The Morgan fingerprint density at radius 3 is 1.58 bits per heavy atom. The van der Waals surface area contributed by atoms with Crippen molar-refractivity contribution in [3.63, 3.8) is 0 Å². The molecule has 0 aliphatic carbocycles. The number of aromatic nitrogens is 6. The second-order valence-corrected chi connectivity index (χ2v) is 12.1. The Morgan fingerprint density at radius 1 is 0.400 bits per heavy atom. The van der Waals surface area contributed by atoms with Gasteiger partial charge in [-0.2, -0.15) is 0 Å². The highest BCUT2D eigenvalue weighted by Gasteiger charge is 2.18. The molecule has 0 spiro atoms. The molecule has 9 rings (SSSR count). The number of nitrogens with zero attached hydrogens (tertiary/aromatic N) is 6. The first-order valence-corrected chi connectivity index (χ1v) is 16.4. The average molecular weight is 645 g/mol. The fourth-order valence-electron chi connectivity index (χ4n) is 6.21. The summed E-state index contributed by atoms with van der Waals surface area (Å²) in [4.78, 5) is 28.7. The number of furan rings is 1. The Labute approximate surface area is 288 Å². The van der Waals surface area contributed by atoms with Gasteiger partial charge in [-0.05, 0) is 36.2 Å². The summed E-state index contributed by atoms with van der Waals surface area (Å²) in [6.45, 7) is 2.09. The molecular weight excluding hydrogens is 617 g/mol. The first-order valence-electron chi connectivity index (χ1n) is 16.4. The molecule has 7 nitrogen and oxygen atoms in total. The van der Waals surface area contributed by atoms with E-state index >= 15 is 0 Å². The molecule has 0 saturated heterocycles. The number of fused-ring (bicyclic) bond motifs is 3. The smallest absolute Gasteiger partial charge is 0.164 e. The molecular formula is C43H28N6O. The monoisotopic (exact) mass is 644 g/mol. The van der Waals surface area contributed by atoms with Crippen LogP contribution in [0.3, 0.4) is 0 Å². The van der Waals surface area contributed by atoms with E-state index in [0.29, 0.717) is 29.1 Å². The lowest BCUT2D eigenvalue weighted by Gasteiger charge is -2.09. The summed E-state index contributed by atoms with van der Waals surface area (Å²) in [6.07, 6.45) is 1.56. The van der Waals surface area contributed by atoms with Crippen LogP contribution >= 0.6 is 0 Å². The van der Waals surface area contributed by atoms with Crippen molar-refractivity contribution in [2.45, 2.75) is 6.92 Å². The van der Waals surface area contributed by atoms with E-state index in [-0.39, 0.29) is 0 Å². The lowest BCUT2D eigenvalue weighted by atomic mass is 10.0. The maximum atomic E-state index is 6.44. The fraction of sp³-hybridized carbons (Fsp3) is 0.0233. The van der Waals surface area contributed by atoms with Crippen molar-refractivity contribution in [1.82, 2.24) is 29.9 Å². The van der Waals surface area contributed by atoms with Crippen molar-refractivity contribution >= 4 is 21.9 Å². The second kappa shape index (κ2) is 12.3. The summed E-state index contributed by atoms with van der Waals surface area (Å²) in [5.74, 6) is 2.97. The molecule has 7 heteroatoms. The Hall–Kier alpha value is -6.86. The Balaban J connectivity index is 1.10. The average Bonchev–Trinajstić information content (AvgIpc) is 3.57. The minimum atomic E-state index is 0.567. The molecule has 0 fully saturated rings. The molecule has 0 N–H and O–H groups in total. The van der Waals surface area contributed by atoms with Crippen LogP contribution in [0.1, 0.15) is 5.56 Å². The van der Waals surface area contributed by atoms with Crippen LogP contribution in [0.25, 0.3) is 90.0 Å². The normalized spacial score (nSPS) is 11.3. The maximum absolute atomic E-state index is 6.44. The minimum Gasteiger partial charge on any atom is -0.456 e. The van der Waals surface area contributed by atoms with Gasteiger partial charge < -0.3 is 4.42 Å². The van der Waals surface area contributed by atoms with Crippen molar-refractivity contribution < 1.29 is 4.42 Å². The molecule has 0 radical (unpaired) electrons. The Bertz CT molecular complexity index is 2580. The molecule has 50 heavy (non-hydrogen) atoms. The van der Waals surface area contributed by atoms with Crippen LogP contribution in [0.2, 0.25) is 0 Å². The van der Waals surface area contributed by atoms with Gasteiger partial charge in [-0.25, -0.2) is 29.9 Å². The molecule has 0 aliphatic rings. The van der Waals surface area contributed by atoms with Gasteiger partial charge in [-0.15, -0.1) is 0 Å². The molecule has 0 unspecified atom stereocenters. The van der Waals surface area contributed by atoms with Gasteiger partial charge in [-0.1, -0.05) is 133 Å². The highest BCUT2D eigenvalue weighted by molar-refractivity contribution is 6.12. The van der Waals surface area contributed by atoms with Crippen LogP contribution in [-0.2, 0) is 0 Å². The molecule has 236 valence electrons. The van der Waals surface area contributed by atoms with Crippen molar-refractivity contribution in [3.05, 3.63) is 157 Å².